The fraction of sp³-hybridized carbons (Fsp3) is 0.632. The maximum absolute atomic E-state index is 12.6. The maximum Gasteiger partial charge on any atom is 0.223 e. The number of carbonyl (C=O) groups is 1. The van der Waals surface area contributed by atoms with E-state index in [4.69, 9.17) is 5.73 Å². The average Bonchev–Trinajstić information content (AvgIpc) is 3.04. The first-order chi connectivity index (χ1) is 11.1. The van der Waals surface area contributed by atoms with Crippen molar-refractivity contribution in [1.82, 2.24) is 4.90 Å². The molecule has 0 bridgehead atoms. The molecular formula is C19H33Cl2N3O. The number of halogens is 2. The fourth-order valence-electron chi connectivity index (χ4n) is 3.34. The fourth-order valence-corrected chi connectivity index (χ4v) is 3.34. The minimum Gasteiger partial charge on any atom is -0.378 e. The summed E-state index contributed by atoms with van der Waals surface area (Å²) in [5.41, 5.74) is 7.97. The van der Waals surface area contributed by atoms with Crippen molar-refractivity contribution in [3.63, 3.8) is 0 Å². The molecule has 25 heavy (non-hydrogen) atoms. The summed E-state index contributed by atoms with van der Waals surface area (Å²) in [6, 6.07) is 8.84. The third-order valence-electron chi connectivity index (χ3n) is 4.69. The summed E-state index contributed by atoms with van der Waals surface area (Å²) in [6.07, 6.45) is 7.16. The molecule has 2 rings (SSSR count). The van der Waals surface area contributed by atoms with Crippen molar-refractivity contribution in [2.75, 3.05) is 32.1 Å². The van der Waals surface area contributed by atoms with Gasteiger partial charge in [-0.2, -0.15) is 0 Å². The minimum absolute atomic E-state index is 0. The highest BCUT2D eigenvalue weighted by Gasteiger charge is 2.29. The van der Waals surface area contributed by atoms with Gasteiger partial charge < -0.3 is 15.5 Å². The van der Waals surface area contributed by atoms with Crippen molar-refractivity contribution < 1.29 is 4.79 Å². The molecule has 6 heteroatoms. The lowest BCUT2D eigenvalue weighted by atomic mass is 10.0. The van der Waals surface area contributed by atoms with Crippen LogP contribution in [0.3, 0.4) is 0 Å². The standard InChI is InChI=1S/C19H31N3O.2ClH/c1-21(2)17-10-7-9-16(15-17)18-11-8-14-22(18)19(23)12-5-3-4-6-13-20;;/h7,9-10,15,18H,3-6,8,11-14,20H2,1-2H3;2*1H. The average molecular weight is 390 g/mol. The summed E-state index contributed by atoms with van der Waals surface area (Å²) in [7, 11) is 4.11. The number of likely N-dealkylation sites (tertiary alicyclic amines) is 1. The predicted octanol–water partition coefficient (Wildman–Crippen LogP) is 4.17. The number of benzene rings is 1. The number of unbranched alkanes of at least 4 members (excludes halogenated alkanes) is 3. The number of rotatable bonds is 8. The highest BCUT2D eigenvalue weighted by atomic mass is 35.5. The Morgan fingerprint density at radius 2 is 1.92 bits per heavy atom. The molecule has 4 nitrogen and oxygen atoms in total. The molecule has 1 unspecified atom stereocenters. The van der Waals surface area contributed by atoms with E-state index in [0.717, 1.165) is 51.6 Å². The van der Waals surface area contributed by atoms with Gasteiger partial charge in [0.1, 0.15) is 0 Å². The number of hydrogen-bond donors (Lipinski definition) is 1. The smallest absolute Gasteiger partial charge is 0.223 e. The summed E-state index contributed by atoms with van der Waals surface area (Å²) in [4.78, 5) is 16.8. The Hall–Kier alpha value is -0.970. The van der Waals surface area contributed by atoms with Crippen LogP contribution in [-0.4, -0.2) is 38.0 Å². The first-order valence-electron chi connectivity index (χ1n) is 8.90. The Morgan fingerprint density at radius 1 is 1.20 bits per heavy atom. The zero-order chi connectivity index (χ0) is 16.7. The number of carbonyl (C=O) groups excluding carboxylic acids is 1. The molecule has 1 aliphatic heterocycles. The highest BCUT2D eigenvalue weighted by Crippen LogP contribution is 2.34. The van der Waals surface area contributed by atoms with E-state index in [1.165, 1.54) is 11.3 Å². The molecule has 0 spiro atoms. The summed E-state index contributed by atoms with van der Waals surface area (Å²) < 4.78 is 0. The Bertz CT molecular complexity index is 511. The van der Waals surface area contributed by atoms with Crippen molar-refractivity contribution in [2.45, 2.75) is 51.0 Å². The first kappa shape index (κ1) is 24.0. The van der Waals surface area contributed by atoms with E-state index in [1.54, 1.807) is 0 Å². The number of hydrogen-bond acceptors (Lipinski definition) is 3. The molecule has 144 valence electrons. The Balaban J connectivity index is 0.00000288. The van der Waals surface area contributed by atoms with Gasteiger partial charge in [-0.3, -0.25) is 4.79 Å². The quantitative estimate of drug-likeness (QED) is 0.678. The second-order valence-electron chi connectivity index (χ2n) is 6.69. The first-order valence-corrected chi connectivity index (χ1v) is 8.90. The topological polar surface area (TPSA) is 49.6 Å². The molecule has 1 saturated heterocycles. The van der Waals surface area contributed by atoms with E-state index in [-0.39, 0.29) is 30.9 Å². The highest BCUT2D eigenvalue weighted by molar-refractivity contribution is 5.85. The molecule has 1 heterocycles. The number of nitrogens with zero attached hydrogens (tertiary/aromatic N) is 2. The van der Waals surface area contributed by atoms with Crippen LogP contribution < -0.4 is 10.6 Å². The Labute approximate surface area is 164 Å². The van der Waals surface area contributed by atoms with Gasteiger partial charge >= 0.3 is 0 Å². The van der Waals surface area contributed by atoms with Crippen molar-refractivity contribution in [3.8, 4) is 0 Å². The molecule has 0 aromatic heterocycles. The molecule has 0 radical (unpaired) electrons. The summed E-state index contributed by atoms with van der Waals surface area (Å²) in [5, 5.41) is 0. The van der Waals surface area contributed by atoms with Crippen LogP contribution in [-0.2, 0) is 4.79 Å². The van der Waals surface area contributed by atoms with Crippen LogP contribution in [0, 0.1) is 0 Å². The normalized spacial score (nSPS) is 16.1. The van der Waals surface area contributed by atoms with E-state index in [2.05, 4.69) is 48.2 Å². The van der Waals surface area contributed by atoms with Crippen LogP contribution in [0.15, 0.2) is 24.3 Å². The second kappa shape index (κ2) is 12.4. The molecule has 1 aromatic carbocycles. The lowest BCUT2D eigenvalue weighted by Gasteiger charge is -2.26. The van der Waals surface area contributed by atoms with E-state index < -0.39 is 0 Å². The zero-order valence-corrected chi connectivity index (χ0v) is 17.1. The van der Waals surface area contributed by atoms with Gasteiger partial charge in [0.15, 0.2) is 0 Å². The van der Waals surface area contributed by atoms with Gasteiger partial charge in [0.2, 0.25) is 5.91 Å². The van der Waals surface area contributed by atoms with Gasteiger partial charge in [0.25, 0.3) is 0 Å². The monoisotopic (exact) mass is 389 g/mol. The number of amides is 1. The van der Waals surface area contributed by atoms with Crippen LogP contribution >= 0.6 is 24.8 Å². The molecule has 1 amide bonds. The van der Waals surface area contributed by atoms with Crippen LogP contribution in [0.5, 0.6) is 0 Å². The van der Waals surface area contributed by atoms with E-state index in [9.17, 15) is 4.79 Å². The largest absolute Gasteiger partial charge is 0.378 e. The van der Waals surface area contributed by atoms with Crippen LogP contribution in [0.1, 0.15) is 56.6 Å². The van der Waals surface area contributed by atoms with Crippen molar-refractivity contribution in [1.29, 1.82) is 0 Å². The second-order valence-corrected chi connectivity index (χ2v) is 6.69. The molecule has 1 atom stereocenters. The lowest BCUT2D eigenvalue weighted by Crippen LogP contribution is -2.30. The van der Waals surface area contributed by atoms with Gasteiger partial charge in [-0.1, -0.05) is 25.0 Å². The SMILES string of the molecule is CN(C)c1cccc(C2CCCN2C(=O)CCCCCCN)c1.Cl.Cl. The van der Waals surface area contributed by atoms with Gasteiger partial charge in [0.05, 0.1) is 6.04 Å². The van der Waals surface area contributed by atoms with Crippen LogP contribution in [0.25, 0.3) is 0 Å². The molecular weight excluding hydrogens is 357 g/mol. The van der Waals surface area contributed by atoms with Gasteiger partial charge in [-0.05, 0) is 49.9 Å². The van der Waals surface area contributed by atoms with Gasteiger partial charge in [0, 0.05) is 32.7 Å². The van der Waals surface area contributed by atoms with Gasteiger partial charge in [-0.25, -0.2) is 0 Å². The molecule has 1 aliphatic rings. The van der Waals surface area contributed by atoms with E-state index in [0.29, 0.717) is 12.3 Å². The lowest BCUT2D eigenvalue weighted by molar-refractivity contribution is -0.132. The third-order valence-corrected chi connectivity index (χ3v) is 4.69. The Morgan fingerprint density at radius 3 is 2.60 bits per heavy atom. The predicted molar refractivity (Wildman–Crippen MR) is 111 cm³/mol. The minimum atomic E-state index is 0. The summed E-state index contributed by atoms with van der Waals surface area (Å²) in [5.74, 6) is 0.315. The number of anilines is 1. The molecule has 1 fully saturated rings. The molecule has 1 aromatic rings. The molecule has 2 N–H and O–H groups in total. The number of nitrogens with two attached hydrogens (primary N) is 1. The van der Waals surface area contributed by atoms with E-state index in [1.807, 2.05) is 0 Å². The van der Waals surface area contributed by atoms with E-state index >= 15 is 0 Å². The van der Waals surface area contributed by atoms with Crippen LogP contribution in [0.2, 0.25) is 0 Å². The summed E-state index contributed by atoms with van der Waals surface area (Å²) in [6.45, 7) is 1.66. The molecule has 0 aliphatic carbocycles. The summed E-state index contributed by atoms with van der Waals surface area (Å²) >= 11 is 0. The van der Waals surface area contributed by atoms with Crippen molar-refractivity contribution >= 4 is 36.4 Å². The van der Waals surface area contributed by atoms with Crippen molar-refractivity contribution in [3.05, 3.63) is 29.8 Å². The maximum atomic E-state index is 12.6. The molecule has 0 saturated carbocycles. The van der Waals surface area contributed by atoms with Gasteiger partial charge in [-0.15, -0.1) is 24.8 Å². The van der Waals surface area contributed by atoms with Crippen molar-refractivity contribution in [2.24, 2.45) is 5.73 Å². The zero-order valence-electron chi connectivity index (χ0n) is 15.4. The van der Waals surface area contributed by atoms with Crippen LogP contribution in [0.4, 0.5) is 5.69 Å². The third kappa shape index (κ3) is 7.04. The Kier molecular flexibility index (Phi) is 11.9.